The van der Waals surface area contributed by atoms with Crippen LogP contribution in [-0.2, 0) is 20.7 Å². The summed E-state index contributed by atoms with van der Waals surface area (Å²) in [5, 5.41) is 7.68. The topological polar surface area (TPSA) is 87.7 Å². The largest absolute Gasteiger partial charge is 0.444 e. The molecule has 0 radical (unpaired) electrons. The van der Waals surface area contributed by atoms with E-state index in [4.69, 9.17) is 4.74 Å². The number of hydrogen-bond donors (Lipinski definition) is 2. The Bertz CT molecular complexity index is 1260. The van der Waals surface area contributed by atoms with E-state index >= 15 is 0 Å². The molecule has 0 saturated carbocycles. The Morgan fingerprint density at radius 3 is 2.23 bits per heavy atom. The Morgan fingerprint density at radius 1 is 0.897 bits per heavy atom. The van der Waals surface area contributed by atoms with Crippen molar-refractivity contribution in [2.75, 3.05) is 18.4 Å². The first kappa shape index (κ1) is 29.7. The lowest BCUT2D eigenvalue weighted by atomic mass is 10.0. The normalized spacial score (nSPS) is 12.0. The van der Waals surface area contributed by atoms with Gasteiger partial charge in [0.05, 0.1) is 0 Å². The highest BCUT2D eigenvalue weighted by Crippen LogP contribution is 2.26. The third-order valence-electron chi connectivity index (χ3n) is 6.39. The van der Waals surface area contributed by atoms with E-state index in [1.54, 1.807) is 25.7 Å². The number of rotatable bonds is 11. The molecular weight excluding hydrogens is 490 g/mol. The van der Waals surface area contributed by atoms with Gasteiger partial charge in [-0.1, -0.05) is 81.3 Å². The van der Waals surface area contributed by atoms with E-state index in [-0.39, 0.29) is 18.4 Å². The zero-order chi connectivity index (χ0) is 28.4. The summed E-state index contributed by atoms with van der Waals surface area (Å²) in [7, 11) is 0. The number of benzene rings is 3. The van der Waals surface area contributed by atoms with Gasteiger partial charge in [0.1, 0.15) is 18.2 Å². The molecule has 0 aromatic heterocycles. The molecule has 3 amide bonds. The number of carbonyl (C=O) groups excluding carboxylic acids is 3. The fourth-order valence-corrected chi connectivity index (χ4v) is 4.38. The molecule has 7 nitrogen and oxygen atoms in total. The fraction of sp³-hybridized carbons (Fsp3) is 0.406. The average molecular weight is 532 g/mol. The van der Waals surface area contributed by atoms with E-state index < -0.39 is 17.7 Å². The molecule has 3 rings (SSSR count). The minimum Gasteiger partial charge on any atom is -0.444 e. The average Bonchev–Trinajstić information content (AvgIpc) is 2.90. The highest BCUT2D eigenvalue weighted by Gasteiger charge is 2.32. The summed E-state index contributed by atoms with van der Waals surface area (Å²) in [4.78, 5) is 41.3. The number of hydrogen-bond acceptors (Lipinski definition) is 4. The lowest BCUT2D eigenvalue weighted by Gasteiger charge is -2.32. The van der Waals surface area contributed by atoms with Crippen LogP contribution in [0.2, 0.25) is 0 Å². The zero-order valence-electron chi connectivity index (χ0n) is 23.8. The molecular formula is C32H41N3O4. The quantitative estimate of drug-likeness (QED) is 0.272. The number of alkyl carbamates (subject to hydrolysis) is 1. The summed E-state index contributed by atoms with van der Waals surface area (Å²) in [5.41, 5.74) is 1.83. The number of aryl methyl sites for hydroxylation is 1. The number of nitrogens with one attached hydrogen (secondary N) is 2. The maximum Gasteiger partial charge on any atom is 0.408 e. The summed E-state index contributed by atoms with van der Waals surface area (Å²) in [5.74, 6) is -0.660. The molecule has 0 saturated heterocycles. The first-order chi connectivity index (χ1) is 18.6. The minimum absolute atomic E-state index is 0.270. The van der Waals surface area contributed by atoms with Crippen molar-refractivity contribution in [1.82, 2.24) is 10.2 Å². The predicted molar refractivity (Wildman–Crippen MR) is 157 cm³/mol. The summed E-state index contributed by atoms with van der Waals surface area (Å²) < 4.78 is 5.30. The molecule has 3 aromatic carbocycles. The molecule has 0 heterocycles. The number of fused-ring (bicyclic) bond motifs is 1. The Hall–Kier alpha value is -3.87. The maximum atomic E-state index is 13.9. The van der Waals surface area contributed by atoms with Gasteiger partial charge in [-0.15, -0.1) is 0 Å². The van der Waals surface area contributed by atoms with Crippen molar-refractivity contribution < 1.29 is 19.1 Å². The van der Waals surface area contributed by atoms with Crippen LogP contribution in [0.15, 0.2) is 66.7 Å². The second kappa shape index (κ2) is 13.8. The number of ether oxygens (including phenoxy) is 1. The van der Waals surface area contributed by atoms with E-state index in [2.05, 4.69) is 24.5 Å². The van der Waals surface area contributed by atoms with Crippen LogP contribution in [0.1, 0.15) is 71.0 Å². The SMILES string of the molecule is CCCCCN(C(=O)CNC(=O)OC(C)(C)C)C(C(=O)Nc1ccc2ccccc2c1)c1ccc(CC)cc1. The standard InChI is InChI=1S/C32H41N3O4/c1-6-8-11-20-35(28(36)22-33-31(38)39-32(3,4)5)29(25-16-14-23(7-2)15-17-25)30(37)34-27-19-18-24-12-9-10-13-26(24)21-27/h9-10,12-19,21,29H,6-8,11,20,22H2,1-5H3,(H,33,38)(H,34,37). The van der Waals surface area contributed by atoms with E-state index in [0.29, 0.717) is 17.8 Å². The van der Waals surface area contributed by atoms with Crippen LogP contribution >= 0.6 is 0 Å². The van der Waals surface area contributed by atoms with Crippen molar-refractivity contribution in [3.63, 3.8) is 0 Å². The first-order valence-corrected chi connectivity index (χ1v) is 13.8. The number of carbonyl (C=O) groups is 3. The Balaban J connectivity index is 1.91. The molecule has 0 aliphatic rings. The molecule has 0 bridgehead atoms. The van der Waals surface area contributed by atoms with E-state index in [9.17, 15) is 14.4 Å². The van der Waals surface area contributed by atoms with Crippen molar-refractivity contribution in [3.05, 3.63) is 77.9 Å². The van der Waals surface area contributed by atoms with Crippen LogP contribution in [0.25, 0.3) is 10.8 Å². The lowest BCUT2D eigenvalue weighted by molar-refractivity contribution is -0.138. The van der Waals surface area contributed by atoms with Crippen LogP contribution in [0.5, 0.6) is 0 Å². The highest BCUT2D eigenvalue weighted by molar-refractivity contribution is 6.00. The molecule has 39 heavy (non-hydrogen) atoms. The molecule has 7 heteroatoms. The Morgan fingerprint density at radius 2 is 1.59 bits per heavy atom. The summed E-state index contributed by atoms with van der Waals surface area (Å²) in [6.07, 6.45) is 2.82. The predicted octanol–water partition coefficient (Wildman–Crippen LogP) is 6.63. The van der Waals surface area contributed by atoms with Gasteiger partial charge in [0.15, 0.2) is 0 Å². The molecule has 208 valence electrons. The molecule has 0 spiro atoms. The second-order valence-corrected chi connectivity index (χ2v) is 10.7. The second-order valence-electron chi connectivity index (χ2n) is 10.7. The van der Waals surface area contributed by atoms with Crippen LogP contribution < -0.4 is 10.6 Å². The molecule has 1 atom stereocenters. The van der Waals surface area contributed by atoms with Crippen molar-refractivity contribution in [1.29, 1.82) is 0 Å². The van der Waals surface area contributed by atoms with Gasteiger partial charge in [-0.25, -0.2) is 4.79 Å². The lowest BCUT2D eigenvalue weighted by Crippen LogP contribution is -2.47. The number of unbranched alkanes of at least 4 members (excludes halogenated alkanes) is 2. The molecule has 3 aromatic rings. The van der Waals surface area contributed by atoms with Crippen molar-refractivity contribution in [3.8, 4) is 0 Å². The van der Waals surface area contributed by atoms with E-state index in [1.807, 2.05) is 66.7 Å². The number of nitrogens with zero attached hydrogens (tertiary/aromatic N) is 1. The van der Waals surface area contributed by atoms with Crippen molar-refractivity contribution >= 4 is 34.4 Å². The van der Waals surface area contributed by atoms with Gasteiger partial charge in [0, 0.05) is 12.2 Å². The van der Waals surface area contributed by atoms with Gasteiger partial charge in [0.2, 0.25) is 5.91 Å². The molecule has 1 unspecified atom stereocenters. The zero-order valence-corrected chi connectivity index (χ0v) is 23.8. The number of anilines is 1. The summed E-state index contributed by atoms with van der Waals surface area (Å²) in [6, 6.07) is 20.6. The van der Waals surface area contributed by atoms with Gasteiger partial charge in [0.25, 0.3) is 5.91 Å². The smallest absolute Gasteiger partial charge is 0.408 e. The van der Waals surface area contributed by atoms with Gasteiger partial charge >= 0.3 is 6.09 Å². The Kier molecular flexibility index (Phi) is 10.5. The maximum absolute atomic E-state index is 13.9. The van der Waals surface area contributed by atoms with Crippen LogP contribution in [-0.4, -0.2) is 41.5 Å². The molecule has 0 aliphatic heterocycles. The number of amides is 3. The molecule has 2 N–H and O–H groups in total. The van der Waals surface area contributed by atoms with Crippen molar-refractivity contribution in [2.24, 2.45) is 0 Å². The summed E-state index contributed by atoms with van der Waals surface area (Å²) >= 11 is 0. The minimum atomic E-state index is -0.868. The molecule has 0 fully saturated rings. The monoisotopic (exact) mass is 531 g/mol. The third-order valence-corrected chi connectivity index (χ3v) is 6.39. The molecule has 0 aliphatic carbocycles. The fourth-order valence-electron chi connectivity index (χ4n) is 4.38. The van der Waals surface area contributed by atoms with Gasteiger partial charge in [-0.3, -0.25) is 9.59 Å². The van der Waals surface area contributed by atoms with Crippen LogP contribution in [0, 0.1) is 0 Å². The van der Waals surface area contributed by atoms with Crippen molar-refractivity contribution in [2.45, 2.75) is 71.9 Å². The third kappa shape index (κ3) is 8.84. The van der Waals surface area contributed by atoms with Crippen LogP contribution in [0.4, 0.5) is 10.5 Å². The van der Waals surface area contributed by atoms with E-state index in [0.717, 1.165) is 42.0 Å². The van der Waals surface area contributed by atoms with E-state index in [1.165, 1.54) is 0 Å². The van der Waals surface area contributed by atoms with Gasteiger partial charge < -0.3 is 20.3 Å². The summed E-state index contributed by atoms with van der Waals surface area (Å²) in [6.45, 7) is 9.56. The van der Waals surface area contributed by atoms with Gasteiger partial charge in [-0.05, 0) is 67.6 Å². The van der Waals surface area contributed by atoms with Gasteiger partial charge in [-0.2, -0.15) is 0 Å². The first-order valence-electron chi connectivity index (χ1n) is 13.8. The Labute approximate surface area is 231 Å². The highest BCUT2D eigenvalue weighted by atomic mass is 16.6. The van der Waals surface area contributed by atoms with Crippen LogP contribution in [0.3, 0.4) is 0 Å².